The predicted octanol–water partition coefficient (Wildman–Crippen LogP) is 3.23. The molecule has 0 fully saturated rings. The number of aromatic nitrogens is 3. The van der Waals surface area contributed by atoms with Crippen molar-refractivity contribution >= 4 is 11.8 Å². The lowest BCUT2D eigenvalue weighted by Gasteiger charge is -2.06. The topological polar surface area (TPSA) is 74.1 Å². The molecule has 0 atom stereocenters. The molecule has 0 saturated carbocycles. The smallest absolute Gasteiger partial charge is 0.338 e. The molecule has 0 saturated heterocycles. The summed E-state index contributed by atoms with van der Waals surface area (Å²) in [7, 11) is 0. The van der Waals surface area contributed by atoms with Gasteiger partial charge in [-0.3, -0.25) is 4.79 Å². The van der Waals surface area contributed by atoms with E-state index >= 15 is 0 Å². The predicted molar refractivity (Wildman–Crippen MR) is 91.6 cm³/mol. The molecule has 0 amide bonds. The van der Waals surface area contributed by atoms with Crippen LogP contribution in [0.1, 0.15) is 33.6 Å². The number of nitrogens with zero attached hydrogens (tertiary/aromatic N) is 3. The van der Waals surface area contributed by atoms with Crippen molar-refractivity contribution in [1.29, 1.82) is 0 Å². The van der Waals surface area contributed by atoms with E-state index in [1.807, 2.05) is 0 Å². The maximum atomic E-state index is 12.8. The summed E-state index contributed by atoms with van der Waals surface area (Å²) in [6.45, 7) is 0.136. The van der Waals surface area contributed by atoms with Crippen LogP contribution in [-0.4, -0.2) is 33.1 Å². The zero-order valence-electron chi connectivity index (χ0n) is 13.8. The summed E-state index contributed by atoms with van der Waals surface area (Å²) in [6.07, 6.45) is 3.62. The van der Waals surface area contributed by atoms with Gasteiger partial charge in [0, 0.05) is 12.0 Å². The number of benzene rings is 2. The molecule has 26 heavy (non-hydrogen) atoms. The molecule has 0 unspecified atom stereocenters. The first kappa shape index (κ1) is 17.5. The fourth-order valence-corrected chi connectivity index (χ4v) is 2.35. The summed E-state index contributed by atoms with van der Waals surface area (Å²) in [5, 5.41) is 4.00. The molecule has 0 aliphatic carbocycles. The van der Waals surface area contributed by atoms with Crippen molar-refractivity contribution in [3.8, 4) is 5.69 Å². The quantitative estimate of drug-likeness (QED) is 0.370. The summed E-state index contributed by atoms with van der Waals surface area (Å²) < 4.78 is 19.6. The number of esters is 1. The normalized spacial score (nSPS) is 10.5. The molecule has 0 N–H and O–H groups in total. The summed E-state index contributed by atoms with van der Waals surface area (Å²) in [4.78, 5) is 27.8. The van der Waals surface area contributed by atoms with Gasteiger partial charge < -0.3 is 4.74 Å². The van der Waals surface area contributed by atoms with Crippen LogP contribution in [0.15, 0.2) is 61.2 Å². The zero-order chi connectivity index (χ0) is 18.4. The average molecular weight is 353 g/mol. The monoisotopic (exact) mass is 353 g/mol. The molecule has 0 spiro atoms. The van der Waals surface area contributed by atoms with Crippen molar-refractivity contribution in [2.45, 2.75) is 12.8 Å². The van der Waals surface area contributed by atoms with Gasteiger partial charge in [-0.05, 0) is 55.0 Å². The van der Waals surface area contributed by atoms with Crippen molar-refractivity contribution in [3.63, 3.8) is 0 Å². The molecule has 1 heterocycles. The molecule has 0 aliphatic rings. The van der Waals surface area contributed by atoms with E-state index in [9.17, 15) is 14.0 Å². The zero-order valence-corrected chi connectivity index (χ0v) is 13.8. The van der Waals surface area contributed by atoms with Crippen LogP contribution < -0.4 is 0 Å². The molecular weight excluding hydrogens is 337 g/mol. The van der Waals surface area contributed by atoms with E-state index in [1.165, 1.54) is 30.6 Å². The molecule has 2 aromatic carbocycles. The van der Waals surface area contributed by atoms with Crippen molar-refractivity contribution < 1.29 is 18.7 Å². The number of Topliss-reactive ketones (excluding diaryl/α,β-unsaturated/α-hetero) is 1. The molecule has 0 bridgehead atoms. The van der Waals surface area contributed by atoms with Crippen molar-refractivity contribution in [1.82, 2.24) is 14.8 Å². The molecule has 3 aromatic rings. The van der Waals surface area contributed by atoms with Crippen LogP contribution in [0.3, 0.4) is 0 Å². The van der Waals surface area contributed by atoms with Crippen molar-refractivity contribution in [2.24, 2.45) is 0 Å². The number of carbonyl (C=O) groups excluding carboxylic acids is 2. The fourth-order valence-electron chi connectivity index (χ4n) is 2.35. The van der Waals surface area contributed by atoms with Gasteiger partial charge in [0.2, 0.25) is 0 Å². The van der Waals surface area contributed by atoms with Gasteiger partial charge in [0.05, 0.1) is 17.9 Å². The minimum atomic E-state index is -0.454. The van der Waals surface area contributed by atoms with Crippen molar-refractivity contribution in [2.75, 3.05) is 6.61 Å². The van der Waals surface area contributed by atoms with Crippen LogP contribution in [0, 0.1) is 5.82 Å². The van der Waals surface area contributed by atoms with Gasteiger partial charge in [0.15, 0.2) is 5.78 Å². The van der Waals surface area contributed by atoms with Crippen LogP contribution in [-0.2, 0) is 4.74 Å². The fraction of sp³-hybridized carbons (Fsp3) is 0.158. The summed E-state index contributed by atoms with van der Waals surface area (Å²) in [5.74, 6) is -0.951. The molecule has 7 heteroatoms. The molecule has 6 nitrogen and oxygen atoms in total. The Balaban J connectivity index is 1.45. The highest BCUT2D eigenvalue weighted by atomic mass is 19.1. The number of ether oxygens (including phenoxy) is 1. The number of hydrogen-bond donors (Lipinski definition) is 0. The first-order valence-electron chi connectivity index (χ1n) is 8.04. The van der Waals surface area contributed by atoms with Crippen LogP contribution in [0.4, 0.5) is 4.39 Å². The minimum Gasteiger partial charge on any atom is -0.462 e. The molecular formula is C19H16FN3O3. The van der Waals surface area contributed by atoms with E-state index in [-0.39, 0.29) is 24.6 Å². The third-order valence-corrected chi connectivity index (χ3v) is 3.73. The summed E-state index contributed by atoms with van der Waals surface area (Å²) in [6, 6.07) is 12.1. The number of carbonyl (C=O) groups is 2. The van der Waals surface area contributed by atoms with E-state index in [4.69, 9.17) is 4.74 Å². The highest BCUT2D eigenvalue weighted by Gasteiger charge is 2.09. The maximum Gasteiger partial charge on any atom is 0.338 e. The SMILES string of the molecule is O=C(CCCOC(=O)c1ccc(-n2cncn2)cc1)c1ccc(F)cc1. The number of halogens is 1. The van der Waals surface area contributed by atoms with E-state index in [2.05, 4.69) is 10.1 Å². The van der Waals surface area contributed by atoms with Crippen LogP contribution in [0.2, 0.25) is 0 Å². The maximum absolute atomic E-state index is 12.8. The Morgan fingerprint density at radius 2 is 1.69 bits per heavy atom. The van der Waals surface area contributed by atoms with E-state index in [0.29, 0.717) is 17.5 Å². The van der Waals surface area contributed by atoms with E-state index in [1.54, 1.807) is 35.3 Å². The second kappa shape index (κ2) is 8.15. The Kier molecular flexibility index (Phi) is 5.48. The average Bonchev–Trinajstić information content (AvgIpc) is 3.20. The number of rotatable bonds is 7. The minimum absolute atomic E-state index is 0.113. The van der Waals surface area contributed by atoms with Crippen LogP contribution in [0.25, 0.3) is 5.69 Å². The third kappa shape index (κ3) is 4.38. The molecule has 0 radical (unpaired) electrons. The number of hydrogen-bond acceptors (Lipinski definition) is 5. The first-order chi connectivity index (χ1) is 12.6. The standard InChI is InChI=1S/C19H16FN3O3/c20-16-7-3-14(4-8-16)18(24)2-1-11-26-19(25)15-5-9-17(10-6-15)23-13-21-12-22-23/h3-10,12-13H,1-2,11H2. The Hall–Kier alpha value is -3.35. The lowest BCUT2D eigenvalue weighted by Crippen LogP contribution is -2.08. The lowest BCUT2D eigenvalue weighted by atomic mass is 10.1. The lowest BCUT2D eigenvalue weighted by molar-refractivity contribution is 0.0494. The third-order valence-electron chi connectivity index (χ3n) is 3.73. The molecule has 132 valence electrons. The Labute approximate surface area is 149 Å². The first-order valence-corrected chi connectivity index (χ1v) is 8.04. The Morgan fingerprint density at radius 1 is 1.00 bits per heavy atom. The second-order valence-corrected chi connectivity index (χ2v) is 5.56. The van der Waals surface area contributed by atoms with Crippen molar-refractivity contribution in [3.05, 3.63) is 78.1 Å². The van der Waals surface area contributed by atoms with Gasteiger partial charge in [-0.15, -0.1) is 0 Å². The largest absolute Gasteiger partial charge is 0.462 e. The van der Waals surface area contributed by atoms with E-state index < -0.39 is 5.97 Å². The van der Waals surface area contributed by atoms with Crippen LogP contribution >= 0.6 is 0 Å². The van der Waals surface area contributed by atoms with Gasteiger partial charge in [0.1, 0.15) is 18.5 Å². The second-order valence-electron chi connectivity index (χ2n) is 5.56. The summed E-state index contributed by atoms with van der Waals surface area (Å²) in [5.41, 5.74) is 1.64. The van der Waals surface area contributed by atoms with E-state index in [0.717, 1.165) is 5.69 Å². The summed E-state index contributed by atoms with van der Waals surface area (Å²) >= 11 is 0. The van der Waals surface area contributed by atoms with Crippen LogP contribution in [0.5, 0.6) is 0 Å². The number of ketones is 1. The molecule has 3 rings (SSSR count). The van der Waals surface area contributed by atoms with Gasteiger partial charge in [-0.2, -0.15) is 5.10 Å². The van der Waals surface area contributed by atoms with Gasteiger partial charge in [0.25, 0.3) is 0 Å². The Morgan fingerprint density at radius 3 is 2.35 bits per heavy atom. The highest BCUT2D eigenvalue weighted by molar-refractivity contribution is 5.96. The van der Waals surface area contributed by atoms with Gasteiger partial charge >= 0.3 is 5.97 Å². The van der Waals surface area contributed by atoms with Gasteiger partial charge in [-0.25, -0.2) is 18.9 Å². The molecule has 0 aliphatic heterocycles. The highest BCUT2D eigenvalue weighted by Crippen LogP contribution is 2.11. The molecule has 1 aromatic heterocycles. The van der Waals surface area contributed by atoms with Gasteiger partial charge in [-0.1, -0.05) is 0 Å². The Bertz CT molecular complexity index is 875.